The lowest BCUT2D eigenvalue weighted by atomic mass is 10.0. The number of aryl methyl sites for hydroxylation is 1. The predicted octanol–water partition coefficient (Wildman–Crippen LogP) is 5.89. The van der Waals surface area contributed by atoms with Gasteiger partial charge < -0.3 is 14.2 Å². The Bertz CT molecular complexity index is 1820. The van der Waals surface area contributed by atoms with E-state index in [1.165, 1.54) is 39.6 Å². The largest absolute Gasteiger partial charge is 0.464 e. The van der Waals surface area contributed by atoms with Gasteiger partial charge >= 0.3 is 18.7 Å². The normalized spacial score (nSPS) is 11.8. The van der Waals surface area contributed by atoms with E-state index in [0.717, 1.165) is 0 Å². The maximum atomic E-state index is 14.1. The zero-order chi connectivity index (χ0) is 29.5. The zero-order valence-electron chi connectivity index (χ0n) is 23.0. The number of carbonyl (C=O) groups excluding carboxylic acids is 1. The van der Waals surface area contributed by atoms with Crippen LogP contribution >= 0.6 is 0 Å². The summed E-state index contributed by atoms with van der Waals surface area (Å²) in [5.41, 5.74) is 1.27. The van der Waals surface area contributed by atoms with Gasteiger partial charge in [-0.05, 0) is 82.6 Å². The molecule has 3 heterocycles. The summed E-state index contributed by atoms with van der Waals surface area (Å²) in [5.74, 6) is 0.378. The third kappa shape index (κ3) is 5.58. The minimum Gasteiger partial charge on any atom is -0.464 e. The number of imidazole rings is 1. The first-order chi connectivity index (χ1) is 19.4. The second-order valence-electron chi connectivity index (χ2n) is 10.1. The van der Waals surface area contributed by atoms with Crippen molar-refractivity contribution in [3.63, 3.8) is 0 Å². The highest BCUT2D eigenvalue weighted by molar-refractivity contribution is 5.91. The fourth-order valence-electron chi connectivity index (χ4n) is 4.40. The Morgan fingerprint density at radius 2 is 1.78 bits per heavy atom. The van der Waals surface area contributed by atoms with Gasteiger partial charge in [0.1, 0.15) is 17.2 Å². The fraction of sp³-hybridized carbons (Fsp3) is 0.276. The minimum atomic E-state index is -2.98. The number of benzene rings is 2. The first kappa shape index (κ1) is 27.7. The van der Waals surface area contributed by atoms with Crippen molar-refractivity contribution in [1.29, 1.82) is 0 Å². The minimum absolute atomic E-state index is 0.0573. The lowest BCUT2D eigenvalue weighted by Crippen LogP contribution is -2.27. The molecule has 5 rings (SSSR count). The number of aromatic nitrogens is 5. The molecule has 2 aromatic carbocycles. The summed E-state index contributed by atoms with van der Waals surface area (Å²) in [6, 6.07) is 12.5. The Hall–Kier alpha value is -4.87. The number of fused-ring (bicyclic) bond motifs is 2. The molecule has 0 amide bonds. The molecule has 0 saturated heterocycles. The van der Waals surface area contributed by atoms with E-state index in [-0.39, 0.29) is 23.0 Å². The van der Waals surface area contributed by atoms with E-state index in [1.54, 1.807) is 58.9 Å². The van der Waals surface area contributed by atoms with Crippen molar-refractivity contribution in [2.45, 2.75) is 46.8 Å². The summed E-state index contributed by atoms with van der Waals surface area (Å²) in [5, 5.41) is 0.521. The number of ether oxygens (including phenoxy) is 3. The molecule has 0 fully saturated rings. The molecule has 0 aliphatic heterocycles. The quantitative estimate of drug-likeness (QED) is 0.252. The fourth-order valence-corrected chi connectivity index (χ4v) is 4.40. The van der Waals surface area contributed by atoms with Crippen LogP contribution in [0.3, 0.4) is 0 Å². The van der Waals surface area contributed by atoms with E-state index in [0.29, 0.717) is 40.1 Å². The molecule has 212 valence electrons. The van der Waals surface area contributed by atoms with Crippen LogP contribution in [0.15, 0.2) is 59.5 Å². The van der Waals surface area contributed by atoms with Gasteiger partial charge in [0, 0.05) is 17.1 Å². The molecule has 10 nitrogen and oxygen atoms in total. The molecule has 12 heteroatoms. The monoisotopic (exact) mass is 563 g/mol. The van der Waals surface area contributed by atoms with Gasteiger partial charge in [-0.25, -0.2) is 19.3 Å². The number of pyridine rings is 1. The van der Waals surface area contributed by atoms with Crippen LogP contribution in [-0.2, 0) is 4.74 Å². The van der Waals surface area contributed by atoms with Crippen LogP contribution in [0, 0.1) is 6.92 Å². The van der Waals surface area contributed by atoms with E-state index in [4.69, 9.17) is 9.47 Å². The molecule has 3 aromatic heterocycles. The highest BCUT2D eigenvalue weighted by atomic mass is 19.3. The molecule has 0 aliphatic rings. The van der Waals surface area contributed by atoms with E-state index in [2.05, 4.69) is 19.7 Å². The average molecular weight is 564 g/mol. The smallest absolute Gasteiger partial charge is 0.420 e. The van der Waals surface area contributed by atoms with Gasteiger partial charge in [-0.1, -0.05) is 6.07 Å². The molecule has 0 radical (unpaired) electrons. The Morgan fingerprint density at radius 1 is 1.05 bits per heavy atom. The molecule has 0 bridgehead atoms. The first-order valence-electron chi connectivity index (χ1n) is 12.8. The lowest BCUT2D eigenvalue weighted by molar-refractivity contribution is -0.0498. The number of hydrogen-bond acceptors (Lipinski definition) is 8. The van der Waals surface area contributed by atoms with Crippen LogP contribution in [0.5, 0.6) is 11.8 Å². The van der Waals surface area contributed by atoms with Crippen molar-refractivity contribution in [1.82, 2.24) is 24.1 Å². The summed E-state index contributed by atoms with van der Waals surface area (Å²) in [7, 11) is 0. The van der Waals surface area contributed by atoms with Gasteiger partial charge in [-0.2, -0.15) is 13.8 Å². The van der Waals surface area contributed by atoms with Gasteiger partial charge in [0.05, 0.1) is 23.3 Å². The Kier molecular flexibility index (Phi) is 7.16. The standard InChI is InChI=1S/C29H27F2N5O5/c1-6-39-27-32-15-18-13-21(25(37)36(24(18)34-27)19-8-10-20(11-9-19)40-26(30)31)17-7-12-22-23(14-17)35(16(2)33-22)28(38)41-29(3,4)5/h7-15,26H,6H2,1-5H3. The average Bonchev–Trinajstić information content (AvgIpc) is 3.23. The molecule has 5 aromatic rings. The van der Waals surface area contributed by atoms with E-state index >= 15 is 0 Å². The van der Waals surface area contributed by atoms with E-state index < -0.39 is 23.9 Å². The summed E-state index contributed by atoms with van der Waals surface area (Å²) in [6.07, 6.45) is 0.947. The second-order valence-corrected chi connectivity index (χ2v) is 10.1. The van der Waals surface area contributed by atoms with Gasteiger partial charge in [-0.3, -0.25) is 9.36 Å². The summed E-state index contributed by atoms with van der Waals surface area (Å²) < 4.78 is 43.6. The Labute approximate surface area is 233 Å². The number of halogens is 2. The van der Waals surface area contributed by atoms with Crippen molar-refractivity contribution in [3.05, 3.63) is 70.9 Å². The number of carbonyl (C=O) groups is 1. The molecular weight excluding hydrogens is 536 g/mol. The van der Waals surface area contributed by atoms with Crippen molar-refractivity contribution < 1.29 is 27.8 Å². The van der Waals surface area contributed by atoms with Crippen LogP contribution in [0.2, 0.25) is 0 Å². The highest BCUT2D eigenvalue weighted by Crippen LogP contribution is 2.28. The molecule has 0 spiro atoms. The Morgan fingerprint density at radius 3 is 2.44 bits per heavy atom. The van der Waals surface area contributed by atoms with E-state index in [1.807, 2.05) is 0 Å². The Balaban J connectivity index is 1.72. The molecule has 0 aliphatic carbocycles. The van der Waals surface area contributed by atoms with Crippen LogP contribution in [0.25, 0.3) is 38.9 Å². The summed E-state index contributed by atoms with van der Waals surface area (Å²) in [4.78, 5) is 40.2. The number of alkyl halides is 2. The van der Waals surface area contributed by atoms with Crippen LogP contribution in [0.1, 0.15) is 33.5 Å². The summed E-state index contributed by atoms with van der Waals surface area (Å²) >= 11 is 0. The molecular formula is C29H27F2N5O5. The third-order valence-corrected chi connectivity index (χ3v) is 6.02. The maximum absolute atomic E-state index is 14.1. The predicted molar refractivity (Wildman–Crippen MR) is 148 cm³/mol. The van der Waals surface area contributed by atoms with E-state index in [9.17, 15) is 18.4 Å². The third-order valence-electron chi connectivity index (χ3n) is 6.02. The van der Waals surface area contributed by atoms with Crippen molar-refractivity contribution in [2.24, 2.45) is 0 Å². The van der Waals surface area contributed by atoms with Crippen LogP contribution in [0.4, 0.5) is 13.6 Å². The molecule has 0 atom stereocenters. The molecule has 0 unspecified atom stereocenters. The van der Waals surface area contributed by atoms with Crippen LogP contribution < -0.4 is 15.0 Å². The van der Waals surface area contributed by atoms with Crippen molar-refractivity contribution >= 4 is 28.2 Å². The molecule has 0 N–H and O–H groups in total. The van der Waals surface area contributed by atoms with Crippen LogP contribution in [-0.4, -0.2) is 49.0 Å². The topological polar surface area (TPSA) is 110 Å². The number of rotatable bonds is 6. The van der Waals surface area contributed by atoms with Gasteiger partial charge in [0.25, 0.3) is 5.56 Å². The zero-order valence-corrected chi connectivity index (χ0v) is 23.0. The maximum Gasteiger partial charge on any atom is 0.420 e. The number of nitrogens with zero attached hydrogens (tertiary/aromatic N) is 5. The number of hydrogen-bond donors (Lipinski definition) is 0. The molecule has 0 saturated carbocycles. The van der Waals surface area contributed by atoms with Gasteiger partial charge in [0.15, 0.2) is 5.65 Å². The highest BCUT2D eigenvalue weighted by Gasteiger charge is 2.23. The first-order valence-corrected chi connectivity index (χ1v) is 12.8. The van der Waals surface area contributed by atoms with Crippen molar-refractivity contribution in [3.8, 4) is 28.6 Å². The molecule has 41 heavy (non-hydrogen) atoms. The van der Waals surface area contributed by atoms with Gasteiger partial charge in [0.2, 0.25) is 0 Å². The SMILES string of the molecule is CCOc1ncc2cc(-c3ccc4nc(C)n(C(=O)OC(C)(C)C)c4c3)c(=O)n(-c3ccc(OC(F)F)cc3)c2n1. The van der Waals surface area contributed by atoms with Crippen molar-refractivity contribution in [2.75, 3.05) is 6.61 Å². The lowest BCUT2D eigenvalue weighted by Gasteiger charge is -2.20. The van der Waals surface area contributed by atoms with Gasteiger partial charge in [-0.15, -0.1) is 0 Å². The second kappa shape index (κ2) is 10.6. The summed E-state index contributed by atoms with van der Waals surface area (Å²) in [6.45, 7) is 6.13.